The molecular formula is C16H20O5. The van der Waals surface area contributed by atoms with E-state index in [9.17, 15) is 9.59 Å². The van der Waals surface area contributed by atoms with Gasteiger partial charge >= 0.3 is 5.97 Å². The molecule has 0 fully saturated rings. The van der Waals surface area contributed by atoms with Crippen LogP contribution in [-0.4, -0.2) is 33.1 Å². The molecule has 0 amide bonds. The van der Waals surface area contributed by atoms with Gasteiger partial charge in [0.05, 0.1) is 26.9 Å². The Morgan fingerprint density at radius 3 is 2.48 bits per heavy atom. The molecular weight excluding hydrogens is 272 g/mol. The average molecular weight is 292 g/mol. The fraction of sp³-hybridized carbons (Fsp3) is 0.500. The lowest BCUT2D eigenvalue weighted by Gasteiger charge is -2.26. The number of ketones is 1. The van der Waals surface area contributed by atoms with E-state index in [1.54, 1.807) is 20.3 Å². The van der Waals surface area contributed by atoms with E-state index < -0.39 is 0 Å². The molecule has 5 heteroatoms. The molecule has 0 saturated carbocycles. The molecule has 0 aliphatic heterocycles. The van der Waals surface area contributed by atoms with Gasteiger partial charge in [0.2, 0.25) is 0 Å². The fourth-order valence-corrected chi connectivity index (χ4v) is 2.81. The van der Waals surface area contributed by atoms with Gasteiger partial charge in [-0.25, -0.2) is 0 Å². The molecule has 0 radical (unpaired) electrons. The lowest BCUT2D eigenvalue weighted by molar-refractivity contribution is -0.140. The van der Waals surface area contributed by atoms with Crippen LogP contribution >= 0.6 is 0 Å². The molecule has 1 atom stereocenters. The van der Waals surface area contributed by atoms with E-state index in [0.29, 0.717) is 29.9 Å². The van der Waals surface area contributed by atoms with Crippen LogP contribution < -0.4 is 9.47 Å². The Hall–Kier alpha value is -2.04. The minimum atomic E-state index is -0.286. The zero-order chi connectivity index (χ0) is 15.4. The van der Waals surface area contributed by atoms with Gasteiger partial charge in [-0.3, -0.25) is 9.59 Å². The molecule has 0 spiro atoms. The highest BCUT2D eigenvalue weighted by Gasteiger charge is 2.32. The first-order valence-corrected chi connectivity index (χ1v) is 6.97. The molecule has 0 bridgehead atoms. The Morgan fingerprint density at radius 2 is 1.86 bits per heavy atom. The summed E-state index contributed by atoms with van der Waals surface area (Å²) in [7, 11) is 4.50. The molecule has 21 heavy (non-hydrogen) atoms. The number of carbonyl (C=O) groups is 2. The first kappa shape index (κ1) is 15.4. The zero-order valence-electron chi connectivity index (χ0n) is 12.6. The number of Topliss-reactive ketones (excluding diaryl/α,β-unsaturated/α-hetero) is 1. The minimum Gasteiger partial charge on any atom is -0.496 e. The van der Waals surface area contributed by atoms with Crippen LogP contribution in [0.1, 0.15) is 35.2 Å². The van der Waals surface area contributed by atoms with Crippen molar-refractivity contribution < 1.29 is 23.8 Å². The van der Waals surface area contributed by atoms with Gasteiger partial charge in [0, 0.05) is 17.9 Å². The molecule has 0 aromatic heterocycles. The predicted octanol–water partition coefficient (Wildman–Crippen LogP) is 2.40. The number of ether oxygens (including phenoxy) is 3. The van der Waals surface area contributed by atoms with Gasteiger partial charge in [-0.1, -0.05) is 0 Å². The second-order valence-corrected chi connectivity index (χ2v) is 5.04. The highest BCUT2D eigenvalue weighted by Crippen LogP contribution is 2.39. The molecule has 1 aliphatic carbocycles. The lowest BCUT2D eigenvalue weighted by atomic mass is 9.79. The summed E-state index contributed by atoms with van der Waals surface area (Å²) >= 11 is 0. The van der Waals surface area contributed by atoms with Crippen LogP contribution in [0.25, 0.3) is 0 Å². The maximum atomic E-state index is 12.7. The van der Waals surface area contributed by atoms with Gasteiger partial charge in [0.25, 0.3) is 0 Å². The summed E-state index contributed by atoms with van der Waals surface area (Å²) in [5, 5.41) is 0. The topological polar surface area (TPSA) is 61.8 Å². The smallest absolute Gasteiger partial charge is 0.305 e. The van der Waals surface area contributed by atoms with E-state index in [1.807, 2.05) is 6.07 Å². The molecule has 1 unspecified atom stereocenters. The Kier molecular flexibility index (Phi) is 4.83. The van der Waals surface area contributed by atoms with Gasteiger partial charge in [-0.05, 0) is 31.4 Å². The summed E-state index contributed by atoms with van der Waals surface area (Å²) < 4.78 is 15.3. The van der Waals surface area contributed by atoms with E-state index in [-0.39, 0.29) is 24.1 Å². The van der Waals surface area contributed by atoms with Crippen molar-refractivity contribution in [3.63, 3.8) is 0 Å². The Bertz CT molecular complexity index is 550. The maximum absolute atomic E-state index is 12.7. The second-order valence-electron chi connectivity index (χ2n) is 5.04. The fourth-order valence-electron chi connectivity index (χ4n) is 2.81. The maximum Gasteiger partial charge on any atom is 0.305 e. The van der Waals surface area contributed by atoms with Crippen LogP contribution in [0.5, 0.6) is 11.5 Å². The number of methoxy groups -OCH3 is 3. The summed E-state index contributed by atoms with van der Waals surface area (Å²) in [4.78, 5) is 23.9. The number of hydrogen-bond acceptors (Lipinski definition) is 5. The summed E-state index contributed by atoms with van der Waals surface area (Å²) in [5.74, 6) is 0.851. The SMILES string of the molecule is COC(=O)CCC1CCc2c(OC)ccc(OC)c2C1=O. The highest BCUT2D eigenvalue weighted by molar-refractivity contribution is 6.03. The molecule has 1 aromatic carbocycles. The van der Waals surface area contributed by atoms with Crippen molar-refractivity contribution in [1.82, 2.24) is 0 Å². The zero-order valence-corrected chi connectivity index (χ0v) is 12.6. The van der Waals surface area contributed by atoms with Crippen LogP contribution in [0.3, 0.4) is 0 Å². The van der Waals surface area contributed by atoms with E-state index in [1.165, 1.54) is 7.11 Å². The van der Waals surface area contributed by atoms with Gasteiger partial charge in [-0.15, -0.1) is 0 Å². The second kappa shape index (κ2) is 6.61. The van der Waals surface area contributed by atoms with Crippen LogP contribution in [0.4, 0.5) is 0 Å². The Labute approximate surface area is 124 Å². The van der Waals surface area contributed by atoms with Crippen molar-refractivity contribution in [2.24, 2.45) is 5.92 Å². The molecule has 5 nitrogen and oxygen atoms in total. The van der Waals surface area contributed by atoms with Gasteiger partial charge in [0.15, 0.2) is 5.78 Å². The Balaban J connectivity index is 2.27. The number of benzene rings is 1. The molecule has 1 aromatic rings. The molecule has 0 N–H and O–H groups in total. The van der Waals surface area contributed by atoms with Crippen molar-refractivity contribution in [3.8, 4) is 11.5 Å². The third-order valence-corrected chi connectivity index (χ3v) is 3.96. The Morgan fingerprint density at radius 1 is 1.19 bits per heavy atom. The molecule has 1 aliphatic rings. The first-order valence-electron chi connectivity index (χ1n) is 6.97. The highest BCUT2D eigenvalue weighted by atomic mass is 16.5. The van der Waals surface area contributed by atoms with E-state index in [2.05, 4.69) is 4.74 Å². The minimum absolute atomic E-state index is 0.0240. The van der Waals surface area contributed by atoms with E-state index >= 15 is 0 Å². The normalized spacial score (nSPS) is 17.1. The van der Waals surface area contributed by atoms with Crippen molar-refractivity contribution in [2.45, 2.75) is 25.7 Å². The summed E-state index contributed by atoms with van der Waals surface area (Å²) in [5.41, 5.74) is 1.49. The van der Waals surface area contributed by atoms with Gasteiger partial charge < -0.3 is 14.2 Å². The molecule has 2 rings (SSSR count). The quantitative estimate of drug-likeness (QED) is 0.780. The van der Waals surface area contributed by atoms with Crippen LogP contribution in [0, 0.1) is 5.92 Å². The summed E-state index contributed by atoms with van der Waals surface area (Å²) in [6, 6.07) is 3.57. The van der Waals surface area contributed by atoms with Crippen molar-refractivity contribution >= 4 is 11.8 Å². The standard InChI is InChI=1S/C16H20O5/c1-19-12-7-8-13(20-2)15-11(12)6-4-10(16(15)18)5-9-14(17)21-3/h7-8,10H,4-6,9H2,1-3H3. The predicted molar refractivity (Wildman–Crippen MR) is 76.9 cm³/mol. The number of carbonyl (C=O) groups excluding carboxylic acids is 2. The summed E-state index contributed by atoms with van der Waals surface area (Å²) in [6.45, 7) is 0. The molecule has 114 valence electrons. The van der Waals surface area contributed by atoms with Gasteiger partial charge in [-0.2, -0.15) is 0 Å². The van der Waals surface area contributed by atoms with Crippen LogP contribution in [-0.2, 0) is 16.0 Å². The van der Waals surface area contributed by atoms with Crippen LogP contribution in [0.2, 0.25) is 0 Å². The average Bonchev–Trinajstić information content (AvgIpc) is 2.52. The third-order valence-electron chi connectivity index (χ3n) is 3.96. The van der Waals surface area contributed by atoms with Crippen molar-refractivity contribution in [1.29, 1.82) is 0 Å². The van der Waals surface area contributed by atoms with Gasteiger partial charge in [0.1, 0.15) is 11.5 Å². The summed E-state index contributed by atoms with van der Waals surface area (Å²) in [6.07, 6.45) is 2.22. The molecule has 0 saturated heterocycles. The number of rotatable bonds is 5. The van der Waals surface area contributed by atoms with Crippen molar-refractivity contribution in [2.75, 3.05) is 21.3 Å². The van der Waals surface area contributed by atoms with E-state index in [4.69, 9.17) is 9.47 Å². The number of fused-ring (bicyclic) bond motifs is 1. The monoisotopic (exact) mass is 292 g/mol. The van der Waals surface area contributed by atoms with Crippen LogP contribution in [0.15, 0.2) is 12.1 Å². The van der Waals surface area contributed by atoms with E-state index in [0.717, 1.165) is 12.0 Å². The van der Waals surface area contributed by atoms with Crippen molar-refractivity contribution in [3.05, 3.63) is 23.3 Å². The third kappa shape index (κ3) is 3.01. The first-order chi connectivity index (χ1) is 10.1. The number of esters is 1. The largest absolute Gasteiger partial charge is 0.496 e. The molecule has 0 heterocycles. The lowest BCUT2D eigenvalue weighted by Crippen LogP contribution is -2.24. The number of hydrogen-bond donors (Lipinski definition) is 0.